The summed E-state index contributed by atoms with van der Waals surface area (Å²) < 4.78 is 17.2. The molecule has 0 aliphatic rings. The topological polar surface area (TPSA) is 69.2 Å². The third kappa shape index (κ3) is 7.26. The minimum absolute atomic E-state index is 0.236. The van der Waals surface area contributed by atoms with Crippen LogP contribution in [0.25, 0.3) is 0 Å². The standard InChI is InChI=1S/C29H24Cl2N2O4/c1-35-28-16-21(12-15-27(28)36-18-20-10-13-23(30)14-11-20)17-32-33-29(34)24-7-3-5-9-26(24)37-19-22-6-2-4-8-25(22)31/h2-17H,18-19H2,1H3,(H,33,34)/b32-17+. The summed E-state index contributed by atoms with van der Waals surface area (Å²) in [6.07, 6.45) is 1.52. The van der Waals surface area contributed by atoms with Crippen molar-refractivity contribution in [2.45, 2.75) is 13.2 Å². The normalized spacial score (nSPS) is 10.8. The molecule has 37 heavy (non-hydrogen) atoms. The van der Waals surface area contributed by atoms with Crippen LogP contribution in [0.2, 0.25) is 10.0 Å². The van der Waals surface area contributed by atoms with Crippen LogP contribution in [0.3, 0.4) is 0 Å². The molecule has 0 unspecified atom stereocenters. The molecule has 0 aliphatic heterocycles. The van der Waals surface area contributed by atoms with Crippen molar-refractivity contribution in [3.8, 4) is 17.2 Å². The fraction of sp³-hybridized carbons (Fsp3) is 0.103. The monoisotopic (exact) mass is 534 g/mol. The van der Waals surface area contributed by atoms with Crippen molar-refractivity contribution >= 4 is 35.3 Å². The zero-order valence-corrected chi connectivity index (χ0v) is 21.5. The molecule has 4 rings (SSSR count). The van der Waals surface area contributed by atoms with Crippen molar-refractivity contribution in [2.75, 3.05) is 7.11 Å². The van der Waals surface area contributed by atoms with Gasteiger partial charge in [0.1, 0.15) is 19.0 Å². The van der Waals surface area contributed by atoms with E-state index >= 15 is 0 Å². The molecule has 0 aromatic heterocycles. The number of hydrogen-bond donors (Lipinski definition) is 1. The maximum absolute atomic E-state index is 12.8. The van der Waals surface area contributed by atoms with E-state index in [9.17, 15) is 4.79 Å². The summed E-state index contributed by atoms with van der Waals surface area (Å²) >= 11 is 12.1. The van der Waals surface area contributed by atoms with Crippen LogP contribution in [-0.4, -0.2) is 19.2 Å². The number of rotatable bonds is 10. The number of benzene rings is 4. The fourth-order valence-corrected chi connectivity index (χ4v) is 3.72. The van der Waals surface area contributed by atoms with Gasteiger partial charge < -0.3 is 14.2 Å². The third-order valence-corrected chi connectivity index (χ3v) is 5.97. The van der Waals surface area contributed by atoms with Crippen LogP contribution in [0.5, 0.6) is 17.2 Å². The van der Waals surface area contributed by atoms with Gasteiger partial charge in [0.25, 0.3) is 5.91 Å². The molecule has 0 saturated heterocycles. The molecule has 6 nitrogen and oxygen atoms in total. The summed E-state index contributed by atoms with van der Waals surface area (Å²) in [6.45, 7) is 0.606. The number of halogens is 2. The smallest absolute Gasteiger partial charge is 0.275 e. The lowest BCUT2D eigenvalue weighted by Crippen LogP contribution is -2.18. The number of hydrazone groups is 1. The van der Waals surface area contributed by atoms with Gasteiger partial charge in [0, 0.05) is 15.6 Å². The second-order valence-corrected chi connectivity index (χ2v) is 8.74. The molecule has 1 amide bonds. The van der Waals surface area contributed by atoms with Crippen LogP contribution in [-0.2, 0) is 13.2 Å². The van der Waals surface area contributed by atoms with E-state index < -0.39 is 5.91 Å². The maximum Gasteiger partial charge on any atom is 0.275 e. The van der Waals surface area contributed by atoms with Gasteiger partial charge in [0.05, 0.1) is 18.9 Å². The van der Waals surface area contributed by atoms with Crippen molar-refractivity contribution in [1.29, 1.82) is 0 Å². The first kappa shape index (κ1) is 26.1. The molecule has 0 spiro atoms. The molecule has 4 aromatic rings. The number of nitrogens with zero attached hydrogens (tertiary/aromatic N) is 1. The number of nitrogens with one attached hydrogen (secondary N) is 1. The first-order chi connectivity index (χ1) is 18.0. The lowest BCUT2D eigenvalue weighted by atomic mass is 10.2. The number of hydrogen-bond acceptors (Lipinski definition) is 5. The van der Waals surface area contributed by atoms with E-state index in [0.29, 0.717) is 39.5 Å². The molecule has 0 radical (unpaired) electrons. The van der Waals surface area contributed by atoms with E-state index in [1.165, 1.54) is 6.21 Å². The van der Waals surface area contributed by atoms with Crippen molar-refractivity contribution in [1.82, 2.24) is 5.43 Å². The molecule has 4 aromatic carbocycles. The highest BCUT2D eigenvalue weighted by Crippen LogP contribution is 2.28. The minimum Gasteiger partial charge on any atom is -0.493 e. The highest BCUT2D eigenvalue weighted by molar-refractivity contribution is 6.31. The van der Waals surface area contributed by atoms with Gasteiger partial charge in [-0.15, -0.1) is 0 Å². The average molecular weight is 535 g/mol. The number of amides is 1. The maximum atomic E-state index is 12.8. The Morgan fingerprint density at radius 3 is 2.35 bits per heavy atom. The molecule has 0 saturated carbocycles. The summed E-state index contributed by atoms with van der Waals surface area (Å²) in [4.78, 5) is 12.8. The highest BCUT2D eigenvalue weighted by atomic mass is 35.5. The van der Waals surface area contributed by atoms with Gasteiger partial charge in [-0.05, 0) is 59.7 Å². The van der Waals surface area contributed by atoms with Gasteiger partial charge in [-0.2, -0.15) is 5.10 Å². The predicted octanol–water partition coefficient (Wildman–Crippen LogP) is 6.92. The number of methoxy groups -OCH3 is 1. The van der Waals surface area contributed by atoms with Gasteiger partial charge >= 0.3 is 0 Å². The van der Waals surface area contributed by atoms with Gasteiger partial charge in [-0.1, -0.05) is 65.7 Å². The summed E-state index contributed by atoms with van der Waals surface area (Å²) in [5.41, 5.74) is 5.43. The van der Waals surface area contributed by atoms with E-state index in [0.717, 1.165) is 16.7 Å². The molecular formula is C29H24Cl2N2O4. The van der Waals surface area contributed by atoms with E-state index in [1.807, 2.05) is 48.5 Å². The van der Waals surface area contributed by atoms with Crippen LogP contribution >= 0.6 is 23.2 Å². The number of para-hydroxylation sites is 1. The van der Waals surface area contributed by atoms with Gasteiger partial charge in [-0.3, -0.25) is 4.79 Å². The molecule has 0 fully saturated rings. The van der Waals surface area contributed by atoms with Crippen LogP contribution in [0.4, 0.5) is 0 Å². The summed E-state index contributed by atoms with van der Waals surface area (Å²) in [5.74, 6) is 1.16. The Bertz CT molecular complexity index is 1390. The first-order valence-electron chi connectivity index (χ1n) is 11.4. The van der Waals surface area contributed by atoms with Crippen LogP contribution in [0.1, 0.15) is 27.0 Å². The van der Waals surface area contributed by atoms with Gasteiger partial charge in [-0.25, -0.2) is 5.43 Å². The van der Waals surface area contributed by atoms with Gasteiger partial charge in [0.2, 0.25) is 0 Å². The predicted molar refractivity (Wildman–Crippen MR) is 146 cm³/mol. The minimum atomic E-state index is -0.402. The largest absolute Gasteiger partial charge is 0.493 e. The molecule has 0 aliphatic carbocycles. The number of carbonyl (C=O) groups excluding carboxylic acids is 1. The summed E-state index contributed by atoms with van der Waals surface area (Å²) in [7, 11) is 1.56. The molecular weight excluding hydrogens is 511 g/mol. The Morgan fingerprint density at radius 1 is 0.838 bits per heavy atom. The van der Waals surface area contributed by atoms with Crippen LogP contribution < -0.4 is 19.6 Å². The van der Waals surface area contributed by atoms with Crippen molar-refractivity contribution in [3.05, 3.63) is 123 Å². The summed E-state index contributed by atoms with van der Waals surface area (Å²) in [6, 6.07) is 27.2. The van der Waals surface area contributed by atoms with Crippen LogP contribution in [0.15, 0.2) is 96.1 Å². The molecule has 8 heteroatoms. The van der Waals surface area contributed by atoms with Crippen LogP contribution in [0, 0.1) is 0 Å². The highest BCUT2D eigenvalue weighted by Gasteiger charge is 2.12. The fourth-order valence-electron chi connectivity index (χ4n) is 3.40. The zero-order chi connectivity index (χ0) is 26.0. The molecule has 1 N–H and O–H groups in total. The molecule has 0 atom stereocenters. The molecule has 188 valence electrons. The summed E-state index contributed by atoms with van der Waals surface area (Å²) in [5, 5.41) is 5.36. The van der Waals surface area contributed by atoms with E-state index in [-0.39, 0.29) is 6.61 Å². The SMILES string of the molecule is COc1cc(/C=N/NC(=O)c2ccccc2OCc2ccccc2Cl)ccc1OCc1ccc(Cl)cc1. The van der Waals surface area contributed by atoms with E-state index in [4.69, 9.17) is 37.4 Å². The Hall–Kier alpha value is -4.00. The Labute approximate surface area is 225 Å². The quantitative estimate of drug-likeness (QED) is 0.177. The second kappa shape index (κ2) is 12.8. The van der Waals surface area contributed by atoms with Crippen molar-refractivity contribution < 1.29 is 19.0 Å². The molecule has 0 heterocycles. The van der Waals surface area contributed by atoms with E-state index in [1.54, 1.807) is 49.6 Å². The van der Waals surface area contributed by atoms with Crippen molar-refractivity contribution in [3.63, 3.8) is 0 Å². The lowest BCUT2D eigenvalue weighted by molar-refractivity contribution is 0.0950. The van der Waals surface area contributed by atoms with Crippen molar-refractivity contribution in [2.24, 2.45) is 5.10 Å². The second-order valence-electron chi connectivity index (χ2n) is 7.90. The number of ether oxygens (including phenoxy) is 3. The number of carbonyl (C=O) groups is 1. The Morgan fingerprint density at radius 2 is 1.57 bits per heavy atom. The first-order valence-corrected chi connectivity index (χ1v) is 12.1. The average Bonchev–Trinajstić information content (AvgIpc) is 2.92. The zero-order valence-electron chi connectivity index (χ0n) is 20.0. The lowest BCUT2D eigenvalue weighted by Gasteiger charge is -2.12. The Kier molecular flexibility index (Phi) is 9.03. The van der Waals surface area contributed by atoms with Gasteiger partial charge in [0.15, 0.2) is 11.5 Å². The Balaban J connectivity index is 1.37. The van der Waals surface area contributed by atoms with E-state index in [2.05, 4.69) is 10.5 Å². The molecule has 0 bridgehead atoms. The third-order valence-electron chi connectivity index (χ3n) is 5.35.